The molecule has 0 radical (unpaired) electrons. The normalized spacial score (nSPS) is 15.4. The number of rotatable bonds is 6. The lowest BCUT2D eigenvalue weighted by Gasteiger charge is -2.34. The van der Waals surface area contributed by atoms with Crippen molar-refractivity contribution in [2.75, 3.05) is 45.2 Å². The molecule has 2 aromatic carbocycles. The Morgan fingerprint density at radius 3 is 2.32 bits per heavy atom. The molecule has 0 unspecified atom stereocenters. The zero-order chi connectivity index (χ0) is 20.1. The number of benzene rings is 2. The minimum atomic E-state index is -0.0162. The van der Waals surface area contributed by atoms with E-state index in [1.807, 2.05) is 38.1 Å². The van der Waals surface area contributed by atoms with Crippen LogP contribution in [0.4, 0.5) is 5.69 Å². The van der Waals surface area contributed by atoms with Crippen LogP contribution in [0.5, 0.6) is 5.75 Å². The van der Waals surface area contributed by atoms with E-state index in [4.69, 9.17) is 16.3 Å². The molecule has 0 aliphatic carbocycles. The van der Waals surface area contributed by atoms with Crippen molar-refractivity contribution in [1.29, 1.82) is 0 Å². The van der Waals surface area contributed by atoms with Gasteiger partial charge < -0.3 is 10.1 Å². The molecular weight excluding hydrogens is 374 g/mol. The third-order valence-corrected chi connectivity index (χ3v) is 5.39. The first-order chi connectivity index (χ1) is 13.4. The Labute approximate surface area is 172 Å². The number of halogens is 1. The lowest BCUT2D eigenvalue weighted by molar-refractivity contribution is -0.117. The van der Waals surface area contributed by atoms with E-state index in [2.05, 4.69) is 27.2 Å². The summed E-state index contributed by atoms with van der Waals surface area (Å²) in [6.07, 6.45) is 0. The van der Waals surface area contributed by atoms with Gasteiger partial charge in [-0.2, -0.15) is 0 Å². The van der Waals surface area contributed by atoms with Crippen molar-refractivity contribution in [3.63, 3.8) is 0 Å². The van der Waals surface area contributed by atoms with Crippen molar-refractivity contribution in [3.05, 3.63) is 58.1 Å². The second kappa shape index (κ2) is 9.41. The molecule has 1 amide bonds. The van der Waals surface area contributed by atoms with Crippen LogP contribution < -0.4 is 10.1 Å². The average molecular weight is 402 g/mol. The van der Waals surface area contributed by atoms with Crippen molar-refractivity contribution < 1.29 is 9.53 Å². The van der Waals surface area contributed by atoms with E-state index in [1.54, 1.807) is 7.11 Å². The summed E-state index contributed by atoms with van der Waals surface area (Å²) in [6, 6.07) is 12.1. The third kappa shape index (κ3) is 5.47. The van der Waals surface area contributed by atoms with Crippen LogP contribution in [0, 0.1) is 13.8 Å². The molecule has 5 nitrogen and oxygen atoms in total. The van der Waals surface area contributed by atoms with Gasteiger partial charge in [0.1, 0.15) is 5.75 Å². The Bertz CT molecular complexity index is 792. The molecule has 1 N–H and O–H groups in total. The zero-order valence-electron chi connectivity index (χ0n) is 16.8. The largest absolute Gasteiger partial charge is 0.497 e. The Kier molecular flexibility index (Phi) is 6.94. The molecule has 0 saturated carbocycles. The monoisotopic (exact) mass is 401 g/mol. The summed E-state index contributed by atoms with van der Waals surface area (Å²) >= 11 is 6.29. The number of ether oxygens (including phenoxy) is 1. The minimum absolute atomic E-state index is 0.0162. The molecule has 0 atom stereocenters. The average Bonchev–Trinajstić information content (AvgIpc) is 2.67. The van der Waals surface area contributed by atoms with E-state index in [9.17, 15) is 4.79 Å². The van der Waals surface area contributed by atoms with E-state index in [-0.39, 0.29) is 5.91 Å². The molecule has 1 saturated heterocycles. The summed E-state index contributed by atoms with van der Waals surface area (Å²) in [5.41, 5.74) is 4.07. The van der Waals surface area contributed by atoms with Gasteiger partial charge in [0, 0.05) is 32.7 Å². The summed E-state index contributed by atoms with van der Waals surface area (Å²) in [6.45, 7) is 8.92. The Morgan fingerprint density at radius 2 is 1.71 bits per heavy atom. The first kappa shape index (κ1) is 20.6. The molecule has 28 heavy (non-hydrogen) atoms. The third-order valence-electron chi connectivity index (χ3n) is 5.09. The van der Waals surface area contributed by atoms with Gasteiger partial charge in [-0.3, -0.25) is 14.6 Å². The molecule has 1 heterocycles. The molecular formula is C22H28ClN3O2. The fraction of sp³-hybridized carbons (Fsp3) is 0.409. The predicted molar refractivity (Wildman–Crippen MR) is 114 cm³/mol. The van der Waals surface area contributed by atoms with Crippen LogP contribution in [0.1, 0.15) is 16.7 Å². The van der Waals surface area contributed by atoms with Gasteiger partial charge in [-0.15, -0.1) is 0 Å². The van der Waals surface area contributed by atoms with Crippen LogP contribution in [-0.2, 0) is 11.3 Å². The fourth-order valence-electron chi connectivity index (χ4n) is 3.55. The van der Waals surface area contributed by atoms with Crippen molar-refractivity contribution in [2.24, 2.45) is 0 Å². The molecule has 0 aromatic heterocycles. The number of methoxy groups -OCH3 is 1. The van der Waals surface area contributed by atoms with E-state index in [1.165, 1.54) is 5.56 Å². The Hall–Kier alpha value is -2.08. The summed E-state index contributed by atoms with van der Waals surface area (Å²) in [5, 5.41) is 3.57. The van der Waals surface area contributed by atoms with Gasteiger partial charge in [0.15, 0.2) is 0 Å². The highest BCUT2D eigenvalue weighted by Crippen LogP contribution is 2.27. The van der Waals surface area contributed by atoms with Crippen LogP contribution in [0.2, 0.25) is 5.02 Å². The topological polar surface area (TPSA) is 44.8 Å². The summed E-state index contributed by atoms with van der Waals surface area (Å²) in [5.74, 6) is 0.862. The first-order valence-corrected chi connectivity index (χ1v) is 9.96. The molecule has 0 bridgehead atoms. The van der Waals surface area contributed by atoms with Crippen LogP contribution >= 0.6 is 11.6 Å². The van der Waals surface area contributed by atoms with Crippen molar-refractivity contribution >= 4 is 23.2 Å². The smallest absolute Gasteiger partial charge is 0.238 e. The lowest BCUT2D eigenvalue weighted by Crippen LogP contribution is -2.48. The number of carbonyl (C=O) groups is 1. The number of aryl methyl sites for hydroxylation is 2. The van der Waals surface area contributed by atoms with Crippen molar-refractivity contribution in [2.45, 2.75) is 20.4 Å². The number of hydrogen-bond acceptors (Lipinski definition) is 4. The predicted octanol–water partition coefficient (Wildman–Crippen LogP) is 3.72. The molecule has 1 aliphatic rings. The Morgan fingerprint density at radius 1 is 1.07 bits per heavy atom. The second-order valence-corrected chi connectivity index (χ2v) is 7.79. The number of hydrogen-bond donors (Lipinski definition) is 1. The number of anilines is 1. The van der Waals surface area contributed by atoms with Crippen molar-refractivity contribution in [1.82, 2.24) is 9.80 Å². The minimum Gasteiger partial charge on any atom is -0.497 e. The molecule has 1 fully saturated rings. The van der Waals surface area contributed by atoms with E-state index >= 15 is 0 Å². The summed E-state index contributed by atoms with van der Waals surface area (Å²) in [7, 11) is 1.68. The van der Waals surface area contributed by atoms with Gasteiger partial charge in [0.25, 0.3) is 0 Å². The maximum absolute atomic E-state index is 12.5. The number of carbonyl (C=O) groups excluding carboxylic acids is 1. The molecule has 2 aromatic rings. The summed E-state index contributed by atoms with van der Waals surface area (Å²) < 4.78 is 5.21. The van der Waals surface area contributed by atoms with Gasteiger partial charge in [-0.1, -0.05) is 29.8 Å². The highest BCUT2D eigenvalue weighted by Gasteiger charge is 2.20. The van der Waals surface area contributed by atoms with Crippen molar-refractivity contribution in [3.8, 4) is 5.75 Å². The molecule has 0 spiro atoms. The molecule has 6 heteroatoms. The zero-order valence-corrected chi connectivity index (χ0v) is 17.6. The standard InChI is InChI=1S/C22H28ClN3O2/c1-16-12-17(2)22(20(23)13-16)24-21(27)15-26-10-8-25(9-11-26)14-18-4-6-19(28-3)7-5-18/h4-7,12-13H,8-11,14-15H2,1-3H3,(H,24,27). The van der Waals surface area contributed by atoms with Gasteiger partial charge in [0.2, 0.25) is 5.91 Å². The van der Waals surface area contributed by atoms with E-state index in [0.717, 1.165) is 55.3 Å². The highest BCUT2D eigenvalue weighted by molar-refractivity contribution is 6.34. The van der Waals surface area contributed by atoms with Gasteiger partial charge in [-0.25, -0.2) is 0 Å². The van der Waals surface area contributed by atoms with Crippen LogP contribution in [0.15, 0.2) is 36.4 Å². The fourth-order valence-corrected chi connectivity index (χ4v) is 3.92. The summed E-state index contributed by atoms with van der Waals surface area (Å²) in [4.78, 5) is 17.1. The van der Waals surface area contributed by atoms with Crippen LogP contribution in [-0.4, -0.2) is 55.5 Å². The molecule has 1 aliphatic heterocycles. The highest BCUT2D eigenvalue weighted by atomic mass is 35.5. The number of amides is 1. The SMILES string of the molecule is COc1ccc(CN2CCN(CC(=O)Nc3c(C)cc(C)cc3Cl)CC2)cc1. The second-order valence-electron chi connectivity index (χ2n) is 7.39. The Balaban J connectivity index is 1.46. The van der Waals surface area contributed by atoms with E-state index in [0.29, 0.717) is 11.6 Å². The van der Waals surface area contributed by atoms with Crippen LogP contribution in [0.25, 0.3) is 0 Å². The van der Waals surface area contributed by atoms with Gasteiger partial charge >= 0.3 is 0 Å². The number of piperazine rings is 1. The van der Waals surface area contributed by atoms with E-state index < -0.39 is 0 Å². The molecule has 3 rings (SSSR count). The van der Waals surface area contributed by atoms with Gasteiger partial charge in [0.05, 0.1) is 24.4 Å². The van der Waals surface area contributed by atoms with Gasteiger partial charge in [-0.05, 0) is 48.7 Å². The quantitative estimate of drug-likeness (QED) is 0.801. The number of nitrogens with one attached hydrogen (secondary N) is 1. The lowest BCUT2D eigenvalue weighted by atomic mass is 10.1. The molecule has 150 valence electrons. The first-order valence-electron chi connectivity index (χ1n) is 9.59. The van der Waals surface area contributed by atoms with Crippen LogP contribution in [0.3, 0.4) is 0 Å². The maximum Gasteiger partial charge on any atom is 0.238 e. The number of nitrogens with zero attached hydrogens (tertiary/aromatic N) is 2. The maximum atomic E-state index is 12.5.